The van der Waals surface area contributed by atoms with E-state index in [1.54, 1.807) is 0 Å². The average Bonchev–Trinajstić information content (AvgIpc) is 2.86. The Labute approximate surface area is 103 Å². The number of esters is 2. The number of carbonyl (C=O) groups is 2. The topological polar surface area (TPSA) is 95.3 Å². The molecule has 0 saturated heterocycles. The van der Waals surface area contributed by atoms with Crippen molar-refractivity contribution in [1.82, 2.24) is 14.8 Å². The third-order valence-corrected chi connectivity index (χ3v) is 2.59. The van der Waals surface area contributed by atoms with Crippen LogP contribution in [-0.4, -0.2) is 40.9 Å². The zero-order chi connectivity index (χ0) is 13.1. The predicted molar refractivity (Wildman–Crippen MR) is 59.4 cm³/mol. The third-order valence-electron chi connectivity index (χ3n) is 2.59. The summed E-state index contributed by atoms with van der Waals surface area (Å²) in [5.74, 6) is -0.521. The summed E-state index contributed by atoms with van der Waals surface area (Å²) in [5, 5.41) is 6.78. The third kappa shape index (κ3) is 2.04. The second kappa shape index (κ2) is 4.86. The summed E-state index contributed by atoms with van der Waals surface area (Å²) in [6, 6.07) is -0.580. The number of nitrogens with one attached hydrogen (secondary N) is 1. The van der Waals surface area contributed by atoms with Crippen molar-refractivity contribution in [2.24, 2.45) is 0 Å². The number of nitrogens with zero attached hydrogens (tertiary/aromatic N) is 3. The van der Waals surface area contributed by atoms with Crippen LogP contribution >= 0.6 is 0 Å². The van der Waals surface area contributed by atoms with Crippen molar-refractivity contribution in [2.75, 3.05) is 19.5 Å². The molecule has 1 atom stereocenters. The van der Waals surface area contributed by atoms with Crippen molar-refractivity contribution >= 4 is 17.9 Å². The lowest BCUT2D eigenvalue weighted by molar-refractivity contribution is -0.141. The standard InChI is InChI=1S/C10H12N4O4/c1-17-8(15)3-7-6(9(16)18-2)4-11-10-12-5-13-14(7)10/h4-5,7H,3H2,1-2H3,(H,11,12,13). The molecule has 1 N–H and O–H groups in total. The minimum Gasteiger partial charge on any atom is -0.469 e. The zero-order valence-electron chi connectivity index (χ0n) is 9.91. The summed E-state index contributed by atoms with van der Waals surface area (Å²) in [6.45, 7) is 0. The van der Waals surface area contributed by atoms with Crippen molar-refractivity contribution in [2.45, 2.75) is 12.5 Å². The van der Waals surface area contributed by atoms with E-state index in [9.17, 15) is 9.59 Å². The Morgan fingerprint density at radius 3 is 2.89 bits per heavy atom. The van der Waals surface area contributed by atoms with E-state index in [0.29, 0.717) is 11.5 Å². The van der Waals surface area contributed by atoms with E-state index in [4.69, 9.17) is 0 Å². The van der Waals surface area contributed by atoms with Gasteiger partial charge in [-0.25, -0.2) is 9.48 Å². The second-order valence-electron chi connectivity index (χ2n) is 3.56. The number of ether oxygens (including phenoxy) is 2. The molecule has 0 fully saturated rings. The molecule has 0 bridgehead atoms. The molecule has 1 unspecified atom stereocenters. The summed E-state index contributed by atoms with van der Waals surface area (Å²) < 4.78 is 10.7. The number of anilines is 1. The average molecular weight is 252 g/mol. The summed E-state index contributed by atoms with van der Waals surface area (Å²) in [7, 11) is 2.56. The largest absolute Gasteiger partial charge is 0.469 e. The smallest absolute Gasteiger partial charge is 0.337 e. The van der Waals surface area contributed by atoms with E-state index in [-0.39, 0.29) is 6.42 Å². The predicted octanol–water partition coefficient (Wildman–Crippen LogP) is -0.135. The molecule has 1 aliphatic rings. The van der Waals surface area contributed by atoms with E-state index in [1.165, 1.54) is 31.4 Å². The SMILES string of the molecule is COC(=O)CC1C(C(=O)OC)=CNc2ncnn21. The van der Waals surface area contributed by atoms with E-state index < -0.39 is 18.0 Å². The molecule has 1 aliphatic heterocycles. The van der Waals surface area contributed by atoms with E-state index in [2.05, 4.69) is 24.9 Å². The van der Waals surface area contributed by atoms with Crippen LogP contribution in [0.4, 0.5) is 5.95 Å². The van der Waals surface area contributed by atoms with Gasteiger partial charge in [0.05, 0.1) is 32.3 Å². The van der Waals surface area contributed by atoms with Crippen LogP contribution < -0.4 is 5.32 Å². The lowest BCUT2D eigenvalue weighted by Crippen LogP contribution is -2.28. The molecule has 0 saturated carbocycles. The van der Waals surface area contributed by atoms with Crippen LogP contribution in [0.2, 0.25) is 0 Å². The van der Waals surface area contributed by atoms with Gasteiger partial charge in [-0.2, -0.15) is 10.1 Å². The lowest BCUT2D eigenvalue weighted by atomic mass is 10.0. The molecule has 0 spiro atoms. The monoisotopic (exact) mass is 252 g/mol. The summed E-state index contributed by atoms with van der Waals surface area (Å²) in [6.07, 6.45) is 2.78. The molecule has 2 heterocycles. The molecular formula is C10H12N4O4. The maximum atomic E-state index is 11.6. The number of fused-ring (bicyclic) bond motifs is 1. The summed E-state index contributed by atoms with van der Waals surface area (Å²) >= 11 is 0. The van der Waals surface area contributed by atoms with Crippen molar-refractivity contribution in [1.29, 1.82) is 0 Å². The first-order valence-electron chi connectivity index (χ1n) is 5.18. The van der Waals surface area contributed by atoms with Crippen LogP contribution in [0, 0.1) is 0 Å². The van der Waals surface area contributed by atoms with Gasteiger partial charge < -0.3 is 14.8 Å². The molecule has 0 aliphatic carbocycles. The van der Waals surface area contributed by atoms with Crippen LogP contribution in [-0.2, 0) is 19.1 Å². The maximum Gasteiger partial charge on any atom is 0.337 e. The van der Waals surface area contributed by atoms with Crippen LogP contribution in [0.3, 0.4) is 0 Å². The Kier molecular flexibility index (Phi) is 3.26. The number of rotatable bonds is 3. The van der Waals surface area contributed by atoms with Gasteiger partial charge in [-0.3, -0.25) is 4.79 Å². The fourth-order valence-corrected chi connectivity index (χ4v) is 1.70. The van der Waals surface area contributed by atoms with Crippen molar-refractivity contribution < 1.29 is 19.1 Å². The highest BCUT2D eigenvalue weighted by Gasteiger charge is 2.31. The molecule has 0 aromatic carbocycles. The number of carbonyl (C=O) groups excluding carboxylic acids is 2. The van der Waals surface area contributed by atoms with Crippen LogP contribution in [0.5, 0.6) is 0 Å². The number of aromatic nitrogens is 3. The summed E-state index contributed by atoms with van der Waals surface area (Å²) in [5.41, 5.74) is 0.293. The molecule has 1 aromatic heterocycles. The highest BCUT2D eigenvalue weighted by molar-refractivity contribution is 5.91. The number of hydrogen-bond donors (Lipinski definition) is 1. The molecule has 8 nitrogen and oxygen atoms in total. The molecule has 96 valence electrons. The molecule has 18 heavy (non-hydrogen) atoms. The van der Waals surface area contributed by atoms with Crippen molar-refractivity contribution in [3.8, 4) is 0 Å². The lowest BCUT2D eigenvalue weighted by Gasteiger charge is -2.23. The minimum atomic E-state index is -0.580. The van der Waals surface area contributed by atoms with Gasteiger partial charge in [0.1, 0.15) is 6.33 Å². The van der Waals surface area contributed by atoms with Gasteiger partial charge >= 0.3 is 11.9 Å². The van der Waals surface area contributed by atoms with Crippen LogP contribution in [0.15, 0.2) is 18.1 Å². The highest BCUT2D eigenvalue weighted by atomic mass is 16.5. The molecular weight excluding hydrogens is 240 g/mol. The van der Waals surface area contributed by atoms with Gasteiger partial charge in [0.2, 0.25) is 5.95 Å². The van der Waals surface area contributed by atoms with E-state index >= 15 is 0 Å². The van der Waals surface area contributed by atoms with E-state index in [1.807, 2.05) is 0 Å². The second-order valence-corrected chi connectivity index (χ2v) is 3.56. The highest BCUT2D eigenvalue weighted by Crippen LogP contribution is 2.28. The maximum absolute atomic E-state index is 11.6. The van der Waals surface area contributed by atoms with Crippen molar-refractivity contribution in [3.63, 3.8) is 0 Å². The summed E-state index contributed by atoms with van der Waals surface area (Å²) in [4.78, 5) is 27.0. The first-order valence-corrected chi connectivity index (χ1v) is 5.18. The fraction of sp³-hybridized carbons (Fsp3) is 0.400. The van der Waals surface area contributed by atoms with Gasteiger partial charge in [-0.05, 0) is 0 Å². The molecule has 2 rings (SSSR count). The number of methoxy groups -OCH3 is 2. The molecule has 0 amide bonds. The Balaban J connectivity index is 2.33. The van der Waals surface area contributed by atoms with Gasteiger partial charge in [0.25, 0.3) is 0 Å². The van der Waals surface area contributed by atoms with Crippen LogP contribution in [0.1, 0.15) is 12.5 Å². The Hall–Kier alpha value is -2.38. The normalized spacial score (nSPS) is 17.2. The first kappa shape index (κ1) is 12.1. The molecule has 1 aromatic rings. The number of hydrogen-bond acceptors (Lipinski definition) is 7. The first-order chi connectivity index (χ1) is 8.67. The van der Waals surface area contributed by atoms with Crippen LogP contribution in [0.25, 0.3) is 0 Å². The van der Waals surface area contributed by atoms with E-state index in [0.717, 1.165) is 0 Å². The molecule has 8 heteroatoms. The zero-order valence-corrected chi connectivity index (χ0v) is 9.91. The van der Waals surface area contributed by atoms with Gasteiger partial charge in [0.15, 0.2) is 0 Å². The van der Waals surface area contributed by atoms with Gasteiger partial charge in [0, 0.05) is 6.20 Å². The minimum absolute atomic E-state index is 0.0184. The van der Waals surface area contributed by atoms with Gasteiger partial charge in [-0.1, -0.05) is 0 Å². The quantitative estimate of drug-likeness (QED) is 0.748. The Morgan fingerprint density at radius 2 is 2.22 bits per heavy atom. The Bertz CT molecular complexity index is 508. The fourth-order valence-electron chi connectivity index (χ4n) is 1.70. The van der Waals surface area contributed by atoms with Gasteiger partial charge in [-0.15, -0.1) is 0 Å². The Morgan fingerprint density at radius 1 is 1.44 bits per heavy atom. The van der Waals surface area contributed by atoms with Crippen molar-refractivity contribution in [3.05, 3.63) is 18.1 Å². The molecule has 0 radical (unpaired) electrons.